The Bertz CT molecular complexity index is 1310. The first-order chi connectivity index (χ1) is 16.8. The van der Waals surface area contributed by atoms with Crippen molar-refractivity contribution in [3.8, 4) is 0 Å². The van der Waals surface area contributed by atoms with E-state index < -0.39 is 6.04 Å². The largest absolute Gasteiger partial charge is 0.353 e. The number of hydrogen-bond donors (Lipinski definition) is 0. The van der Waals surface area contributed by atoms with Gasteiger partial charge in [0.15, 0.2) is 0 Å². The van der Waals surface area contributed by atoms with Gasteiger partial charge in [-0.3, -0.25) is 19.3 Å². The van der Waals surface area contributed by atoms with E-state index in [-0.39, 0.29) is 23.6 Å². The molecule has 2 aliphatic rings. The number of amides is 3. The number of anilines is 1. The number of carbonyl (C=O) groups is 3. The fourth-order valence-corrected chi connectivity index (χ4v) is 5.20. The molecule has 180 valence electrons. The van der Waals surface area contributed by atoms with Crippen LogP contribution in [-0.2, 0) is 4.79 Å². The number of aromatic nitrogens is 1. The first kappa shape index (κ1) is 23.0. The summed E-state index contributed by atoms with van der Waals surface area (Å²) in [4.78, 5) is 49.8. The summed E-state index contributed by atoms with van der Waals surface area (Å²) in [5, 5.41) is 1.16. The van der Waals surface area contributed by atoms with Crippen molar-refractivity contribution < 1.29 is 14.4 Å². The average Bonchev–Trinajstić information content (AvgIpc) is 3.10. The number of pyridine rings is 1. The molecular weight excluding hydrogens is 440 g/mol. The number of carbonyl (C=O) groups excluding carboxylic acids is 3. The molecule has 0 radical (unpaired) electrons. The molecule has 7 heteroatoms. The summed E-state index contributed by atoms with van der Waals surface area (Å²) < 4.78 is 0. The van der Waals surface area contributed by atoms with Crippen molar-refractivity contribution in [2.24, 2.45) is 5.92 Å². The summed E-state index contributed by atoms with van der Waals surface area (Å²) in [6.07, 6.45) is 0. The van der Waals surface area contributed by atoms with Gasteiger partial charge < -0.3 is 9.80 Å². The maximum absolute atomic E-state index is 13.6. The molecule has 1 fully saturated rings. The quantitative estimate of drug-likeness (QED) is 0.542. The van der Waals surface area contributed by atoms with Gasteiger partial charge in [0.25, 0.3) is 11.8 Å². The van der Waals surface area contributed by atoms with Crippen LogP contribution in [0.15, 0.2) is 48.5 Å². The van der Waals surface area contributed by atoms with E-state index in [1.807, 2.05) is 13.8 Å². The Morgan fingerprint density at radius 1 is 0.857 bits per heavy atom. The Morgan fingerprint density at radius 2 is 1.49 bits per heavy atom. The topological polar surface area (TPSA) is 73.8 Å². The second-order valence-corrected chi connectivity index (χ2v) is 9.80. The van der Waals surface area contributed by atoms with Crippen LogP contribution in [0.1, 0.15) is 45.7 Å². The van der Waals surface area contributed by atoms with E-state index in [9.17, 15) is 14.4 Å². The minimum absolute atomic E-state index is 0.173. The van der Waals surface area contributed by atoms with Gasteiger partial charge in [0, 0.05) is 31.6 Å². The van der Waals surface area contributed by atoms with Crippen molar-refractivity contribution in [2.75, 3.05) is 31.1 Å². The van der Waals surface area contributed by atoms with Gasteiger partial charge in [-0.1, -0.05) is 44.2 Å². The van der Waals surface area contributed by atoms with Gasteiger partial charge in [0.2, 0.25) is 5.91 Å². The minimum atomic E-state index is -0.822. The Balaban J connectivity index is 1.34. The first-order valence-corrected chi connectivity index (χ1v) is 12.2. The van der Waals surface area contributed by atoms with Crippen LogP contribution in [-0.4, -0.2) is 64.7 Å². The number of benzene rings is 2. The molecule has 1 atom stereocenters. The highest BCUT2D eigenvalue weighted by molar-refractivity contribution is 6.22. The average molecular weight is 471 g/mol. The van der Waals surface area contributed by atoms with Gasteiger partial charge in [-0.2, -0.15) is 0 Å². The van der Waals surface area contributed by atoms with Gasteiger partial charge in [0.05, 0.1) is 16.6 Å². The molecule has 7 nitrogen and oxygen atoms in total. The molecule has 1 unspecified atom stereocenters. The van der Waals surface area contributed by atoms with E-state index in [0.717, 1.165) is 22.3 Å². The van der Waals surface area contributed by atoms with Crippen LogP contribution in [0, 0.1) is 19.8 Å². The summed E-state index contributed by atoms with van der Waals surface area (Å²) in [5.41, 5.74) is 4.06. The fourth-order valence-electron chi connectivity index (χ4n) is 5.20. The number of rotatable bonds is 4. The predicted molar refractivity (Wildman–Crippen MR) is 136 cm³/mol. The van der Waals surface area contributed by atoms with Crippen molar-refractivity contribution in [3.05, 3.63) is 70.8 Å². The predicted octanol–water partition coefficient (Wildman–Crippen LogP) is 3.82. The first-order valence-electron chi connectivity index (χ1n) is 12.2. The lowest BCUT2D eigenvalue weighted by atomic mass is 10.0. The summed E-state index contributed by atoms with van der Waals surface area (Å²) in [6.45, 7) is 10.2. The summed E-state index contributed by atoms with van der Waals surface area (Å²) in [7, 11) is 0. The lowest BCUT2D eigenvalue weighted by Crippen LogP contribution is -2.57. The van der Waals surface area contributed by atoms with Gasteiger partial charge in [0.1, 0.15) is 11.9 Å². The van der Waals surface area contributed by atoms with Crippen molar-refractivity contribution in [2.45, 2.75) is 33.7 Å². The number of aryl methyl sites for hydroxylation is 2. The number of nitrogens with zero attached hydrogens (tertiary/aromatic N) is 4. The smallest absolute Gasteiger partial charge is 0.262 e. The maximum atomic E-state index is 13.6. The van der Waals surface area contributed by atoms with Crippen LogP contribution in [0.25, 0.3) is 10.9 Å². The van der Waals surface area contributed by atoms with Gasteiger partial charge in [-0.15, -0.1) is 0 Å². The minimum Gasteiger partial charge on any atom is -0.353 e. The lowest BCUT2D eigenvalue weighted by Gasteiger charge is -2.39. The highest BCUT2D eigenvalue weighted by Gasteiger charge is 2.45. The Morgan fingerprint density at radius 3 is 2.09 bits per heavy atom. The van der Waals surface area contributed by atoms with Crippen LogP contribution in [0.3, 0.4) is 0 Å². The second-order valence-electron chi connectivity index (χ2n) is 9.80. The number of fused-ring (bicyclic) bond motifs is 2. The van der Waals surface area contributed by atoms with Crippen LogP contribution in [0.4, 0.5) is 5.82 Å². The molecular formula is C28H30N4O3. The fraction of sp³-hybridized carbons (Fsp3) is 0.357. The van der Waals surface area contributed by atoms with Crippen LogP contribution in [0.2, 0.25) is 0 Å². The van der Waals surface area contributed by atoms with Crippen LogP contribution >= 0.6 is 0 Å². The van der Waals surface area contributed by atoms with Gasteiger partial charge >= 0.3 is 0 Å². The third-order valence-electron chi connectivity index (χ3n) is 7.14. The van der Waals surface area contributed by atoms with Gasteiger partial charge in [-0.25, -0.2) is 4.98 Å². The molecule has 2 aliphatic heterocycles. The third-order valence-corrected chi connectivity index (χ3v) is 7.14. The van der Waals surface area contributed by atoms with E-state index in [2.05, 4.69) is 43.0 Å². The molecule has 0 bridgehead atoms. The highest BCUT2D eigenvalue weighted by atomic mass is 16.2. The molecule has 3 amide bonds. The zero-order chi connectivity index (χ0) is 24.9. The van der Waals surface area contributed by atoms with Gasteiger partial charge in [-0.05, 0) is 49.1 Å². The molecule has 0 N–H and O–H groups in total. The lowest BCUT2D eigenvalue weighted by molar-refractivity contribution is -0.137. The summed E-state index contributed by atoms with van der Waals surface area (Å²) >= 11 is 0. The normalized spacial score (nSPS) is 16.9. The van der Waals surface area contributed by atoms with E-state index >= 15 is 0 Å². The zero-order valence-electron chi connectivity index (χ0n) is 20.6. The highest BCUT2D eigenvalue weighted by Crippen LogP contribution is 2.29. The van der Waals surface area contributed by atoms with E-state index in [1.54, 1.807) is 29.2 Å². The van der Waals surface area contributed by atoms with Crippen molar-refractivity contribution in [1.82, 2.24) is 14.8 Å². The van der Waals surface area contributed by atoms with Crippen molar-refractivity contribution >= 4 is 34.4 Å². The zero-order valence-corrected chi connectivity index (χ0v) is 20.6. The number of imide groups is 1. The van der Waals surface area contributed by atoms with Crippen LogP contribution < -0.4 is 4.90 Å². The molecule has 1 aromatic heterocycles. The molecule has 3 aromatic rings. The molecule has 2 aromatic carbocycles. The Kier molecular flexibility index (Phi) is 5.79. The molecule has 1 saturated heterocycles. The monoisotopic (exact) mass is 470 g/mol. The summed E-state index contributed by atoms with van der Waals surface area (Å²) in [6, 6.07) is 14.3. The molecule has 3 heterocycles. The standard InChI is InChI=1S/C28H30N4O3/c1-17(2)25(32-26(33)21-9-5-6-10-22(21)27(32)34)28(35)31-14-12-30(13-15-31)23-16-19(4)20-11-7-8-18(3)24(20)29-23/h5-11,16-17,25H,12-15H2,1-4H3. The number of para-hydroxylation sites is 1. The Labute approximate surface area is 205 Å². The molecule has 0 aliphatic carbocycles. The SMILES string of the molecule is Cc1cc(N2CCN(C(=O)C(C(C)C)N3C(=O)c4ccccc4C3=O)CC2)nc2c(C)cccc12. The van der Waals surface area contributed by atoms with E-state index in [1.165, 1.54) is 10.5 Å². The maximum Gasteiger partial charge on any atom is 0.262 e. The number of piperazine rings is 1. The summed E-state index contributed by atoms with van der Waals surface area (Å²) in [5.74, 6) is -0.231. The number of hydrogen-bond acceptors (Lipinski definition) is 5. The Hall–Kier alpha value is -3.74. The van der Waals surface area contributed by atoms with Crippen molar-refractivity contribution in [3.63, 3.8) is 0 Å². The van der Waals surface area contributed by atoms with Crippen molar-refractivity contribution in [1.29, 1.82) is 0 Å². The molecule has 0 saturated carbocycles. The third kappa shape index (κ3) is 3.85. The molecule has 5 rings (SSSR count). The second kappa shape index (κ2) is 8.80. The van der Waals surface area contributed by atoms with Crippen LogP contribution in [0.5, 0.6) is 0 Å². The van der Waals surface area contributed by atoms with E-state index in [4.69, 9.17) is 4.98 Å². The molecule has 0 spiro atoms. The van der Waals surface area contributed by atoms with E-state index in [0.29, 0.717) is 37.3 Å². The molecule has 35 heavy (non-hydrogen) atoms.